The molecule has 3 aromatic heterocycles. The van der Waals surface area contributed by atoms with Crippen LogP contribution >= 0.6 is 0 Å². The van der Waals surface area contributed by atoms with Crippen LogP contribution in [0, 0.1) is 13.8 Å². The summed E-state index contributed by atoms with van der Waals surface area (Å²) in [5.41, 5.74) is 2.51. The molecule has 0 saturated carbocycles. The molecule has 6 heterocycles. The van der Waals surface area contributed by atoms with Crippen molar-refractivity contribution >= 4 is 65.2 Å². The molecule has 3 N–H and O–H groups in total. The molecule has 362 valence electrons. The summed E-state index contributed by atoms with van der Waals surface area (Å²) in [6.45, 7) is 8.26. The van der Waals surface area contributed by atoms with Gasteiger partial charge in [0.2, 0.25) is 0 Å². The molecule has 14 nitrogen and oxygen atoms in total. The van der Waals surface area contributed by atoms with E-state index in [-0.39, 0.29) is 35.4 Å². The predicted molar refractivity (Wildman–Crippen MR) is 268 cm³/mol. The summed E-state index contributed by atoms with van der Waals surface area (Å²) < 4.78 is 43.6. The number of aliphatic hydroxyl groups excluding tert-OH is 1. The topological polar surface area (TPSA) is 197 Å². The minimum absolute atomic E-state index is 0.0660. The average Bonchev–Trinajstić information content (AvgIpc) is 3.36. The van der Waals surface area contributed by atoms with Gasteiger partial charge in [-0.15, -0.1) is 0 Å². The average molecular weight is 951 g/mol. The van der Waals surface area contributed by atoms with Crippen molar-refractivity contribution < 1.29 is 52.3 Å². The van der Waals surface area contributed by atoms with Crippen molar-refractivity contribution in [3.8, 4) is 23.0 Å². The molecule has 0 unspecified atom stereocenters. The molecule has 0 radical (unpaired) electrons. The summed E-state index contributed by atoms with van der Waals surface area (Å²) in [6, 6.07) is 32.3. The first-order chi connectivity index (χ1) is 33.9. The second kappa shape index (κ2) is 21.6. The van der Waals surface area contributed by atoms with E-state index < -0.39 is 11.3 Å². The van der Waals surface area contributed by atoms with Crippen LogP contribution in [0.2, 0.25) is 0 Å². The van der Waals surface area contributed by atoms with E-state index in [1.54, 1.807) is 36.4 Å². The monoisotopic (exact) mass is 950 g/mol. The number of rotatable bonds is 4. The molecule has 3 saturated heterocycles. The molecule has 14 heteroatoms. The van der Waals surface area contributed by atoms with Crippen LogP contribution < -0.4 is 26.4 Å². The first-order valence-corrected chi connectivity index (χ1v) is 23.5. The zero-order valence-corrected chi connectivity index (χ0v) is 38.9. The van der Waals surface area contributed by atoms with Crippen LogP contribution in [0.25, 0.3) is 65.2 Å². The fraction of sp³-hybridized carbons (Fsp3) is 0.304. The quantitative estimate of drug-likeness (QED) is 0.111. The second-order valence-electron chi connectivity index (χ2n) is 17.7. The van der Waals surface area contributed by atoms with Gasteiger partial charge in [0.05, 0.1) is 48.7 Å². The molecule has 0 amide bonds. The van der Waals surface area contributed by atoms with Gasteiger partial charge in [0.1, 0.15) is 52.0 Å². The summed E-state index contributed by atoms with van der Waals surface area (Å²) in [6.07, 6.45) is 5.27. The Morgan fingerprint density at radius 3 is 1.16 bits per heavy atom. The number of phenolic OH excluding ortho intramolecular Hbond substituents is 2. The number of aliphatic hydroxyl groups is 1. The van der Waals surface area contributed by atoms with Crippen molar-refractivity contribution in [2.75, 3.05) is 39.6 Å². The minimum atomic E-state index is -0.435. The third-order valence-corrected chi connectivity index (χ3v) is 12.5. The molecule has 9 aromatic rings. The number of aryl methyl sites for hydroxylation is 2. The highest BCUT2D eigenvalue weighted by Gasteiger charge is 2.18. The molecule has 3 fully saturated rings. The highest BCUT2D eigenvalue weighted by molar-refractivity contribution is 6.06. The second-order valence-corrected chi connectivity index (χ2v) is 17.7. The van der Waals surface area contributed by atoms with Crippen molar-refractivity contribution in [3.63, 3.8) is 0 Å². The zero-order chi connectivity index (χ0) is 48.7. The van der Waals surface area contributed by atoms with E-state index in [2.05, 4.69) is 0 Å². The molecule has 70 heavy (non-hydrogen) atoms. The lowest BCUT2D eigenvalue weighted by molar-refractivity contribution is 0.0140. The Labute approximate surface area is 401 Å². The first-order valence-electron chi connectivity index (χ1n) is 23.5. The Bertz CT molecular complexity index is 3330. The smallest absolute Gasteiger partial charge is 0.344 e. The fourth-order valence-electron chi connectivity index (χ4n) is 8.75. The summed E-state index contributed by atoms with van der Waals surface area (Å²) in [7, 11) is 0. The van der Waals surface area contributed by atoms with E-state index in [0.29, 0.717) is 57.6 Å². The normalized spacial score (nSPS) is 15.8. The number of aromatic hydroxyl groups is 2. The van der Waals surface area contributed by atoms with Crippen LogP contribution in [-0.4, -0.2) is 73.3 Å². The van der Waals surface area contributed by atoms with E-state index in [1.165, 1.54) is 12.1 Å². The lowest BCUT2D eigenvalue weighted by Crippen LogP contribution is -2.25. The van der Waals surface area contributed by atoms with Crippen molar-refractivity contribution in [1.29, 1.82) is 0 Å². The molecule has 6 aromatic carbocycles. The van der Waals surface area contributed by atoms with Crippen molar-refractivity contribution in [3.05, 3.63) is 152 Å². The lowest BCUT2D eigenvalue weighted by atomic mass is 10.1. The summed E-state index contributed by atoms with van der Waals surface area (Å²) in [4.78, 5) is 36.3. The number of hydrogen-bond acceptors (Lipinski definition) is 14. The summed E-state index contributed by atoms with van der Waals surface area (Å²) in [5, 5.41) is 34.3. The van der Waals surface area contributed by atoms with Crippen molar-refractivity contribution in [2.24, 2.45) is 0 Å². The van der Waals surface area contributed by atoms with Crippen molar-refractivity contribution in [2.45, 2.75) is 70.7 Å². The first kappa shape index (κ1) is 47.8. The maximum absolute atomic E-state index is 12.3. The van der Waals surface area contributed by atoms with Crippen LogP contribution in [0.4, 0.5) is 0 Å². The Balaban J connectivity index is 0.000000123. The maximum atomic E-state index is 12.3. The third-order valence-electron chi connectivity index (χ3n) is 12.5. The van der Waals surface area contributed by atoms with Crippen LogP contribution in [-0.2, 0) is 14.2 Å². The molecule has 0 spiro atoms. The van der Waals surface area contributed by atoms with Crippen LogP contribution in [0.1, 0.15) is 49.7 Å². The van der Waals surface area contributed by atoms with E-state index in [1.807, 2.05) is 74.5 Å². The van der Waals surface area contributed by atoms with E-state index in [4.69, 9.17) is 42.0 Å². The zero-order valence-electron chi connectivity index (χ0n) is 38.9. The molecule has 0 aliphatic carbocycles. The highest BCUT2D eigenvalue weighted by Crippen LogP contribution is 2.31. The largest absolute Gasteiger partial charge is 0.508 e. The van der Waals surface area contributed by atoms with Gasteiger partial charge in [-0.05, 0) is 117 Å². The Morgan fingerprint density at radius 2 is 0.743 bits per heavy atom. The van der Waals surface area contributed by atoms with Gasteiger partial charge < -0.3 is 52.3 Å². The molecule has 0 atom stereocenters. The van der Waals surface area contributed by atoms with Gasteiger partial charge in [-0.2, -0.15) is 0 Å². The molecule has 3 aliphatic rings. The molecule has 12 rings (SSSR count). The van der Waals surface area contributed by atoms with E-state index in [0.717, 1.165) is 108 Å². The maximum Gasteiger partial charge on any atom is 0.344 e. The van der Waals surface area contributed by atoms with Gasteiger partial charge >= 0.3 is 16.9 Å². The summed E-state index contributed by atoms with van der Waals surface area (Å²) >= 11 is 0. The number of ether oxygens (including phenoxy) is 5. The lowest BCUT2D eigenvalue weighted by Gasteiger charge is -2.23. The van der Waals surface area contributed by atoms with Crippen LogP contribution in [0.5, 0.6) is 23.0 Å². The molecule has 0 bridgehead atoms. The Kier molecular flexibility index (Phi) is 14.8. The number of benzene rings is 6. The van der Waals surface area contributed by atoms with Crippen LogP contribution in [0.15, 0.2) is 137 Å². The van der Waals surface area contributed by atoms with Gasteiger partial charge in [0.25, 0.3) is 0 Å². The fourth-order valence-corrected chi connectivity index (χ4v) is 8.75. The van der Waals surface area contributed by atoms with Gasteiger partial charge in [-0.25, -0.2) is 14.4 Å². The highest BCUT2D eigenvalue weighted by atomic mass is 16.5. The molecule has 3 aliphatic heterocycles. The Hall–Kier alpha value is -7.23. The van der Waals surface area contributed by atoms with Gasteiger partial charge in [0.15, 0.2) is 0 Å². The number of hydrogen-bond donors (Lipinski definition) is 3. The summed E-state index contributed by atoms with van der Waals surface area (Å²) in [5.74, 6) is 1.51. The minimum Gasteiger partial charge on any atom is -0.508 e. The van der Waals surface area contributed by atoms with Crippen molar-refractivity contribution in [1.82, 2.24) is 0 Å². The van der Waals surface area contributed by atoms with Gasteiger partial charge in [-0.3, -0.25) is 0 Å². The molecular weight excluding hydrogens is 897 g/mol. The standard InChI is InChI=1S/C19H18O4.C18H16O5.C14H10O3.C5H10O2/c1-12-2-4-16-15-5-3-14(22-13-6-8-21-9-7-13)11-17(15)19(20)23-18(16)10-12;19-11-1-3-15-14-4-2-13(22-12-5-7-21-8-6-12)10-16(14)18(20)23-17(15)9-11;1-8-2-4-11-10-5-3-9(15)7-12(10)14(16)17-13(11)6-8;6-5-1-3-7-4-2-5/h2-5,10-11,13H,6-9H2,1H3;1-4,9-10,12,19H,5-8H2;2-7,15H,1H3;5-6H,1-4H2. The van der Waals surface area contributed by atoms with Gasteiger partial charge in [0, 0.05) is 77.3 Å². The third kappa shape index (κ3) is 11.3. The number of phenols is 2. The van der Waals surface area contributed by atoms with E-state index in [9.17, 15) is 24.6 Å². The SMILES string of the molecule is Cc1ccc2c(c1)oc(=O)c1cc(O)ccc12.Cc1ccc2c(c1)oc(=O)c1cc(OC3CCOCC3)ccc12.O=c1oc2cc(O)ccc2c2ccc(OC3CCOCC3)cc12.OC1CCOCC1. The van der Waals surface area contributed by atoms with Crippen LogP contribution in [0.3, 0.4) is 0 Å². The van der Waals surface area contributed by atoms with Gasteiger partial charge in [-0.1, -0.05) is 24.3 Å². The Morgan fingerprint density at radius 1 is 0.400 bits per heavy atom. The number of fused-ring (bicyclic) bond motifs is 9. The predicted octanol–water partition coefficient (Wildman–Crippen LogP) is 10.1. The van der Waals surface area contributed by atoms with E-state index >= 15 is 0 Å². The molecular formula is C56H54O14.